The molecular weight excluding hydrogens is 383 g/mol. The van der Waals surface area contributed by atoms with Crippen molar-refractivity contribution in [3.8, 4) is 0 Å². The van der Waals surface area contributed by atoms with E-state index in [1.54, 1.807) is 6.92 Å². The van der Waals surface area contributed by atoms with Crippen molar-refractivity contribution < 1.29 is 18.4 Å². The highest BCUT2D eigenvalue weighted by atomic mass is 19.4. The van der Waals surface area contributed by atoms with Crippen LogP contribution in [-0.4, -0.2) is 53.2 Å². The Hall–Kier alpha value is -2.19. The highest BCUT2D eigenvalue weighted by molar-refractivity contribution is 6.00. The van der Waals surface area contributed by atoms with Crippen LogP contribution in [0.2, 0.25) is 0 Å². The summed E-state index contributed by atoms with van der Waals surface area (Å²) in [5.41, 5.74) is 5.10. The van der Waals surface area contributed by atoms with E-state index in [9.17, 15) is 13.2 Å². The topological polar surface area (TPSA) is 77.4 Å². The lowest BCUT2D eigenvalue weighted by molar-refractivity contribution is -0.0888. The van der Waals surface area contributed by atoms with Crippen LogP contribution in [-0.2, 0) is 0 Å². The molecule has 1 atom stereocenters. The largest absolute Gasteiger partial charge is 0.416 e. The molecule has 2 bridgehead atoms. The van der Waals surface area contributed by atoms with Crippen LogP contribution in [0, 0.1) is 10.8 Å². The van der Waals surface area contributed by atoms with E-state index in [1.807, 2.05) is 24.0 Å². The van der Waals surface area contributed by atoms with E-state index in [4.69, 9.17) is 10.9 Å². The van der Waals surface area contributed by atoms with Crippen molar-refractivity contribution in [3.05, 3.63) is 23.3 Å². The van der Waals surface area contributed by atoms with E-state index < -0.39 is 11.7 Å². The number of hydrogen-bond donors (Lipinski definition) is 2. The normalized spacial score (nSPS) is 34.1. The van der Waals surface area contributed by atoms with E-state index in [1.165, 1.54) is 13.0 Å². The summed E-state index contributed by atoms with van der Waals surface area (Å²) in [6, 6.07) is 0. The van der Waals surface area contributed by atoms with Crippen molar-refractivity contribution in [2.24, 2.45) is 26.8 Å². The fourth-order valence-corrected chi connectivity index (χ4v) is 5.60. The van der Waals surface area contributed by atoms with Gasteiger partial charge in [-0.1, -0.05) is 17.3 Å². The zero-order valence-electron chi connectivity index (χ0n) is 17.4. The van der Waals surface area contributed by atoms with Gasteiger partial charge in [-0.05, 0) is 52.4 Å². The molecule has 3 aliphatic carbocycles. The van der Waals surface area contributed by atoms with E-state index in [0.717, 1.165) is 44.6 Å². The number of fused-ring (bicyclic) bond motifs is 3. The van der Waals surface area contributed by atoms with E-state index in [-0.39, 0.29) is 22.6 Å². The lowest BCUT2D eigenvalue weighted by atomic mass is 9.52. The van der Waals surface area contributed by atoms with Gasteiger partial charge in [-0.2, -0.15) is 18.3 Å². The van der Waals surface area contributed by atoms with Gasteiger partial charge in [0.2, 0.25) is 0 Å². The number of nitrogens with zero attached hydrogens (tertiary/aromatic N) is 4. The molecular formula is C20H30F3N5O. The molecule has 4 rings (SSSR count). The molecule has 0 saturated heterocycles. The molecule has 0 aromatic rings. The smallest absolute Gasteiger partial charge is 0.409 e. The fourth-order valence-electron chi connectivity index (χ4n) is 5.60. The van der Waals surface area contributed by atoms with Crippen LogP contribution in [0.5, 0.6) is 0 Å². The molecule has 3 saturated carbocycles. The van der Waals surface area contributed by atoms with Gasteiger partial charge < -0.3 is 15.8 Å². The van der Waals surface area contributed by atoms with Crippen LogP contribution in [0.1, 0.15) is 52.4 Å². The monoisotopic (exact) mass is 413 g/mol. The standard InChI is InChI=1S/C20H30F3N5O/c1-5-6-14(20(21,22)23)13(2)15-25-28(4)17(27(15)3)19-10-7-18(8-11-19,9-12-19)16(24)26-29/h5-6,17,29H,7-12H2,1-4H3,(H2,24,26)/b6-5-,14-13-. The number of hydrogen-bond acceptors (Lipinski definition) is 5. The van der Waals surface area contributed by atoms with Crippen molar-refractivity contribution in [2.75, 3.05) is 14.1 Å². The van der Waals surface area contributed by atoms with Crippen LogP contribution in [0.25, 0.3) is 0 Å². The minimum Gasteiger partial charge on any atom is -0.409 e. The maximum atomic E-state index is 13.5. The van der Waals surface area contributed by atoms with Gasteiger partial charge in [-0.25, -0.2) is 0 Å². The molecule has 3 fully saturated rings. The number of rotatable bonds is 4. The third-order valence-corrected chi connectivity index (χ3v) is 7.19. The number of alkyl halides is 3. The van der Waals surface area contributed by atoms with Crippen molar-refractivity contribution in [2.45, 2.75) is 64.7 Å². The maximum absolute atomic E-state index is 13.5. The summed E-state index contributed by atoms with van der Waals surface area (Å²) in [5, 5.41) is 18.7. The van der Waals surface area contributed by atoms with Crippen molar-refractivity contribution in [1.82, 2.24) is 9.91 Å². The second-order valence-corrected chi connectivity index (χ2v) is 8.65. The zero-order chi connectivity index (χ0) is 21.6. The number of allylic oxidation sites excluding steroid dienone is 3. The zero-order valence-corrected chi connectivity index (χ0v) is 17.4. The quantitative estimate of drug-likeness (QED) is 0.240. The number of halogens is 3. The molecule has 0 amide bonds. The number of amidine groups is 2. The molecule has 9 heteroatoms. The predicted octanol–water partition coefficient (Wildman–Crippen LogP) is 4.05. The second-order valence-electron chi connectivity index (χ2n) is 8.65. The molecule has 29 heavy (non-hydrogen) atoms. The number of nitrogens with two attached hydrogens (primary N) is 1. The molecule has 1 aliphatic heterocycles. The summed E-state index contributed by atoms with van der Waals surface area (Å²) < 4.78 is 40.6. The Labute approximate surface area is 169 Å². The minimum atomic E-state index is -4.44. The molecule has 4 aliphatic rings. The van der Waals surface area contributed by atoms with Gasteiger partial charge in [-0.3, -0.25) is 5.01 Å². The van der Waals surface area contributed by atoms with Crippen molar-refractivity contribution in [3.63, 3.8) is 0 Å². The van der Waals surface area contributed by atoms with Gasteiger partial charge in [0.15, 0.2) is 5.84 Å². The Bertz CT molecular complexity index is 759. The molecule has 0 spiro atoms. The molecule has 3 N–H and O–H groups in total. The summed E-state index contributed by atoms with van der Waals surface area (Å²) in [7, 11) is 3.66. The predicted molar refractivity (Wildman–Crippen MR) is 106 cm³/mol. The Morgan fingerprint density at radius 1 is 1.21 bits per heavy atom. The minimum absolute atomic E-state index is 0.0779. The summed E-state index contributed by atoms with van der Waals surface area (Å²) in [4.78, 5) is 1.90. The summed E-state index contributed by atoms with van der Waals surface area (Å²) in [5.74, 6) is 0.659. The Balaban J connectivity index is 1.89. The average molecular weight is 413 g/mol. The molecule has 162 valence electrons. The molecule has 1 unspecified atom stereocenters. The first kappa shape index (κ1) is 21.5. The van der Waals surface area contributed by atoms with Gasteiger partial charge in [0, 0.05) is 30.5 Å². The van der Waals surface area contributed by atoms with Crippen molar-refractivity contribution in [1.29, 1.82) is 0 Å². The molecule has 6 nitrogen and oxygen atoms in total. The van der Waals surface area contributed by atoms with Gasteiger partial charge in [0.1, 0.15) is 12.0 Å². The van der Waals surface area contributed by atoms with Gasteiger partial charge in [0.25, 0.3) is 0 Å². The first-order valence-corrected chi connectivity index (χ1v) is 9.95. The lowest BCUT2D eigenvalue weighted by Gasteiger charge is -2.57. The van der Waals surface area contributed by atoms with Crippen LogP contribution in [0.4, 0.5) is 13.2 Å². The molecule has 0 aromatic heterocycles. The van der Waals surface area contributed by atoms with Crippen molar-refractivity contribution >= 4 is 11.7 Å². The van der Waals surface area contributed by atoms with E-state index >= 15 is 0 Å². The number of likely N-dealkylation sites (N-methyl/N-ethyl adjacent to an activating group) is 1. The summed E-state index contributed by atoms with van der Waals surface area (Å²) in [6.45, 7) is 3.06. The number of oxime groups is 1. The molecule has 1 heterocycles. The highest BCUT2D eigenvalue weighted by Crippen LogP contribution is 2.60. The van der Waals surface area contributed by atoms with Crippen LogP contribution >= 0.6 is 0 Å². The summed E-state index contributed by atoms with van der Waals surface area (Å²) in [6.07, 6.45) is 3.01. The first-order chi connectivity index (χ1) is 13.5. The van der Waals surface area contributed by atoms with Crippen LogP contribution < -0.4 is 5.73 Å². The SMILES string of the molecule is C/C=C\C(=C(/C)C1=NN(C)C(C23CCC(/C(N)=N\O)(CC2)CC3)N1C)C(F)(F)F. The second kappa shape index (κ2) is 7.25. The maximum Gasteiger partial charge on any atom is 0.416 e. The molecule has 0 aromatic carbocycles. The van der Waals surface area contributed by atoms with E-state index in [0.29, 0.717) is 11.7 Å². The average Bonchev–Trinajstić information content (AvgIpc) is 3.00. The first-order valence-electron chi connectivity index (χ1n) is 9.95. The Kier molecular flexibility index (Phi) is 5.38. The van der Waals surface area contributed by atoms with Crippen LogP contribution in [0.3, 0.4) is 0 Å². The van der Waals surface area contributed by atoms with Gasteiger partial charge in [-0.15, -0.1) is 0 Å². The molecule has 0 radical (unpaired) electrons. The highest BCUT2D eigenvalue weighted by Gasteiger charge is 2.57. The van der Waals surface area contributed by atoms with Gasteiger partial charge in [0.05, 0.1) is 5.57 Å². The Morgan fingerprint density at radius 2 is 1.76 bits per heavy atom. The Morgan fingerprint density at radius 3 is 2.21 bits per heavy atom. The van der Waals surface area contributed by atoms with E-state index in [2.05, 4.69) is 10.3 Å². The third kappa shape index (κ3) is 3.38. The number of hydrazone groups is 1. The fraction of sp³-hybridized carbons (Fsp3) is 0.700. The van der Waals surface area contributed by atoms with Crippen LogP contribution in [0.15, 0.2) is 33.6 Å². The van der Waals surface area contributed by atoms with Gasteiger partial charge >= 0.3 is 6.18 Å². The summed E-state index contributed by atoms with van der Waals surface area (Å²) >= 11 is 0. The third-order valence-electron chi connectivity index (χ3n) is 7.19. The lowest BCUT2D eigenvalue weighted by Crippen LogP contribution is -2.58.